The zero-order valence-electron chi connectivity index (χ0n) is 20.0. The molecular weight excluding hydrogens is 566 g/mol. The lowest BCUT2D eigenvalue weighted by Gasteiger charge is -2.21. The molecule has 38 heavy (non-hydrogen) atoms. The fraction of sp³-hybridized carbons (Fsp3) is 0.308. The van der Waals surface area contributed by atoms with Crippen molar-refractivity contribution in [2.24, 2.45) is 5.92 Å². The summed E-state index contributed by atoms with van der Waals surface area (Å²) < 4.78 is 61.2. The minimum absolute atomic E-state index is 0.0516. The normalized spacial score (nSPS) is 13.8. The largest absolute Gasteiger partial charge is 0.496 e. The van der Waals surface area contributed by atoms with Crippen LogP contribution in [0.2, 0.25) is 10.0 Å². The highest BCUT2D eigenvalue weighted by Crippen LogP contribution is 2.39. The topological polar surface area (TPSA) is 68.1 Å². The Morgan fingerprint density at radius 3 is 2.45 bits per heavy atom. The van der Waals surface area contributed by atoms with Crippen LogP contribution >= 0.6 is 35.0 Å². The second kappa shape index (κ2) is 12.8. The summed E-state index contributed by atoms with van der Waals surface area (Å²) in [5.74, 6) is 0.0395. The van der Waals surface area contributed by atoms with Crippen LogP contribution < -0.4 is 19.2 Å². The number of hydrogen-bond acceptors (Lipinski definition) is 6. The average Bonchev–Trinajstić information content (AvgIpc) is 3.69. The van der Waals surface area contributed by atoms with Crippen molar-refractivity contribution in [3.8, 4) is 17.2 Å². The molecule has 0 radical (unpaired) electrons. The molecule has 12 heteroatoms. The fourth-order valence-corrected chi connectivity index (χ4v) is 4.87. The molecule has 2 aromatic carbocycles. The molecule has 1 aliphatic carbocycles. The van der Waals surface area contributed by atoms with Crippen LogP contribution in [0.1, 0.15) is 30.1 Å². The molecule has 1 aliphatic rings. The summed E-state index contributed by atoms with van der Waals surface area (Å²) in [6.07, 6.45) is 4.13. The highest BCUT2D eigenvalue weighted by atomic mass is 35.5. The number of aromatic nitrogens is 1. The van der Waals surface area contributed by atoms with Crippen molar-refractivity contribution in [3.05, 3.63) is 75.8 Å². The lowest BCUT2D eigenvalue weighted by molar-refractivity contribution is -0.377. The van der Waals surface area contributed by atoms with Crippen LogP contribution in [0.25, 0.3) is 0 Å². The Hall–Kier alpha value is -2.82. The summed E-state index contributed by atoms with van der Waals surface area (Å²) in [5.41, 5.74) is 0.920. The number of carbonyl (C=O) groups excluding carboxylic acids is 1. The summed E-state index contributed by atoms with van der Waals surface area (Å²) in [5, 5.41) is -0.149. The van der Waals surface area contributed by atoms with Gasteiger partial charge in [-0.15, -0.1) is 0 Å². The van der Waals surface area contributed by atoms with Gasteiger partial charge >= 0.3 is 11.9 Å². The highest BCUT2D eigenvalue weighted by Gasteiger charge is 2.27. The number of rotatable bonds is 11. The fourth-order valence-electron chi connectivity index (χ4n) is 3.57. The van der Waals surface area contributed by atoms with E-state index in [4.69, 9.17) is 37.4 Å². The molecule has 0 saturated heterocycles. The lowest BCUT2D eigenvalue weighted by atomic mass is 10.0. The average molecular weight is 589 g/mol. The molecule has 202 valence electrons. The smallest absolute Gasteiger partial charge is 0.387 e. The second-order valence-electron chi connectivity index (χ2n) is 8.43. The van der Waals surface area contributed by atoms with E-state index in [9.17, 15) is 18.0 Å². The Balaban J connectivity index is 1.65. The van der Waals surface area contributed by atoms with Gasteiger partial charge in [0.05, 0.1) is 18.6 Å². The number of alkyl halides is 2. The van der Waals surface area contributed by atoms with Gasteiger partial charge in [0.15, 0.2) is 23.9 Å². The third-order valence-corrected chi connectivity index (χ3v) is 7.15. The first-order chi connectivity index (χ1) is 18.2. The van der Waals surface area contributed by atoms with E-state index < -0.39 is 23.8 Å². The molecule has 1 atom stereocenters. The van der Waals surface area contributed by atoms with E-state index in [2.05, 4.69) is 9.72 Å². The lowest BCUT2D eigenvalue weighted by Crippen LogP contribution is -2.14. The van der Waals surface area contributed by atoms with Gasteiger partial charge in [0, 0.05) is 12.0 Å². The van der Waals surface area contributed by atoms with Gasteiger partial charge in [-0.05, 0) is 66.4 Å². The van der Waals surface area contributed by atoms with Crippen molar-refractivity contribution >= 4 is 40.3 Å². The Bertz CT molecular complexity index is 1280. The van der Waals surface area contributed by atoms with E-state index in [0.717, 1.165) is 18.9 Å². The standard InChI is InChI=1S/C26H22Cl2F3NO5S/c1-34-21-7-5-16(29)9-24(21)38-26(33)37-22(10-17-18(27)11-32-12-19(17)28)15-4-6-20(36-25(30)31)23(8-15)35-13-14-2-3-14/h4-9,11-12,14,22,25H,2-3,10,13H2,1H3/p+1/t22-/m0/s1. The van der Waals surface area contributed by atoms with Crippen molar-refractivity contribution in [1.29, 1.82) is 0 Å². The first-order valence-electron chi connectivity index (χ1n) is 11.5. The first kappa shape index (κ1) is 28.2. The Labute approximate surface area is 231 Å². The van der Waals surface area contributed by atoms with Crippen LogP contribution in [0.5, 0.6) is 17.2 Å². The number of thioether (sulfide) groups is 1. The maximum Gasteiger partial charge on any atom is 0.387 e. The van der Waals surface area contributed by atoms with Crippen LogP contribution in [0, 0.1) is 11.7 Å². The quantitative estimate of drug-likeness (QED) is 0.170. The number of carbonyl (C=O) groups is 1. The molecule has 1 N–H and O–H groups in total. The van der Waals surface area contributed by atoms with Crippen molar-refractivity contribution in [2.45, 2.75) is 36.9 Å². The van der Waals surface area contributed by atoms with Crippen LogP contribution in [-0.4, -0.2) is 25.6 Å². The summed E-state index contributed by atoms with van der Waals surface area (Å²) >= 11 is 13.3. The number of ether oxygens (including phenoxy) is 4. The summed E-state index contributed by atoms with van der Waals surface area (Å²) in [7, 11) is 1.40. The van der Waals surface area contributed by atoms with Crippen LogP contribution in [0.15, 0.2) is 53.7 Å². The Morgan fingerprint density at radius 1 is 1.08 bits per heavy atom. The summed E-state index contributed by atoms with van der Waals surface area (Å²) in [6, 6.07) is 8.07. The number of nitrogens with one attached hydrogen (secondary N) is 1. The minimum atomic E-state index is -3.05. The monoisotopic (exact) mass is 588 g/mol. The molecule has 0 aliphatic heterocycles. The SMILES string of the molecule is COc1ccc(F)cc1SC(=O)O[C@@H](Cc1c(Cl)c[nH+]cc1Cl)c1ccc(OC(F)F)c(OCC2CC2)c1. The van der Waals surface area contributed by atoms with Gasteiger partial charge < -0.3 is 18.9 Å². The highest BCUT2D eigenvalue weighted by molar-refractivity contribution is 8.13. The summed E-state index contributed by atoms with van der Waals surface area (Å²) in [6.45, 7) is -2.71. The van der Waals surface area contributed by atoms with Gasteiger partial charge in [0.1, 0.15) is 27.7 Å². The number of benzene rings is 2. The van der Waals surface area contributed by atoms with Crippen molar-refractivity contribution in [2.75, 3.05) is 13.7 Å². The van der Waals surface area contributed by atoms with E-state index in [1.165, 1.54) is 49.8 Å². The van der Waals surface area contributed by atoms with Gasteiger partial charge in [-0.3, -0.25) is 0 Å². The van der Waals surface area contributed by atoms with E-state index in [1.807, 2.05) is 0 Å². The van der Waals surface area contributed by atoms with Gasteiger partial charge in [-0.2, -0.15) is 8.78 Å². The van der Waals surface area contributed by atoms with Crippen LogP contribution in [0.3, 0.4) is 0 Å². The van der Waals surface area contributed by atoms with E-state index >= 15 is 0 Å². The van der Waals surface area contributed by atoms with E-state index in [-0.39, 0.29) is 22.8 Å². The number of hydrogen-bond donors (Lipinski definition) is 0. The number of pyridine rings is 1. The molecule has 0 spiro atoms. The molecule has 1 heterocycles. The maximum atomic E-state index is 13.8. The van der Waals surface area contributed by atoms with E-state index in [0.29, 0.717) is 51.2 Å². The molecule has 0 bridgehead atoms. The van der Waals surface area contributed by atoms with Crippen LogP contribution in [0.4, 0.5) is 18.0 Å². The molecular formula is C26H23Cl2F3NO5S+. The van der Waals surface area contributed by atoms with E-state index in [1.54, 1.807) is 0 Å². The number of halogens is 5. The third-order valence-electron chi connectivity index (χ3n) is 5.67. The molecule has 0 unspecified atom stereocenters. The maximum absolute atomic E-state index is 13.8. The van der Waals surface area contributed by atoms with Crippen molar-refractivity contribution < 1.29 is 41.9 Å². The minimum Gasteiger partial charge on any atom is -0.496 e. The number of aromatic amines is 1. The molecule has 0 amide bonds. The zero-order chi connectivity index (χ0) is 27.2. The molecule has 1 fully saturated rings. The molecule has 6 nitrogen and oxygen atoms in total. The van der Waals surface area contributed by atoms with Crippen LogP contribution in [-0.2, 0) is 11.2 Å². The molecule has 3 aromatic rings. The van der Waals surface area contributed by atoms with Gasteiger partial charge in [0.2, 0.25) is 0 Å². The van der Waals surface area contributed by atoms with Gasteiger partial charge in [-0.1, -0.05) is 29.3 Å². The Kier molecular flexibility index (Phi) is 9.51. The predicted molar refractivity (Wildman–Crippen MR) is 136 cm³/mol. The predicted octanol–water partition coefficient (Wildman–Crippen LogP) is 7.56. The number of H-pyrrole nitrogens is 1. The zero-order valence-corrected chi connectivity index (χ0v) is 22.3. The van der Waals surface area contributed by atoms with Gasteiger partial charge in [-0.25, -0.2) is 14.2 Å². The Morgan fingerprint density at radius 2 is 1.79 bits per heavy atom. The van der Waals surface area contributed by atoms with Crippen molar-refractivity contribution in [3.63, 3.8) is 0 Å². The summed E-state index contributed by atoms with van der Waals surface area (Å²) in [4.78, 5) is 16.0. The first-order valence-corrected chi connectivity index (χ1v) is 13.1. The molecule has 4 rings (SSSR count). The van der Waals surface area contributed by atoms with Crippen molar-refractivity contribution in [1.82, 2.24) is 0 Å². The van der Waals surface area contributed by atoms with Gasteiger partial charge in [0.25, 0.3) is 0 Å². The molecule has 1 aromatic heterocycles. The molecule has 1 saturated carbocycles. The number of methoxy groups -OCH3 is 1. The second-order valence-corrected chi connectivity index (χ2v) is 10.2. The third kappa shape index (κ3) is 7.61.